The zero-order chi connectivity index (χ0) is 11.7. The first kappa shape index (κ1) is 9.76. The van der Waals surface area contributed by atoms with E-state index in [-0.39, 0.29) is 16.1 Å². The van der Waals surface area contributed by atoms with Crippen LogP contribution >= 0.6 is 0 Å². The number of H-pyrrole nitrogens is 1. The molecule has 0 aromatic carbocycles. The molecule has 0 saturated heterocycles. The van der Waals surface area contributed by atoms with Crippen molar-refractivity contribution >= 4 is 5.82 Å². The summed E-state index contributed by atoms with van der Waals surface area (Å²) >= 11 is 0. The molecule has 2 rings (SSSR count). The molecule has 0 unspecified atom stereocenters. The van der Waals surface area contributed by atoms with Crippen molar-refractivity contribution in [2.45, 2.75) is 0 Å². The van der Waals surface area contributed by atoms with Crippen LogP contribution < -0.4 is 0 Å². The number of aromatic nitrogens is 4. The number of hydrogen-bond acceptors (Lipinski definition) is 6. The Hall–Kier alpha value is -2.78. The summed E-state index contributed by atoms with van der Waals surface area (Å²) in [4.78, 5) is 24.0. The molecule has 10 nitrogen and oxygen atoms in total. The van der Waals surface area contributed by atoms with Crippen molar-refractivity contribution in [2.24, 2.45) is 0 Å². The van der Waals surface area contributed by atoms with Crippen molar-refractivity contribution in [2.75, 3.05) is 0 Å². The molecule has 10 heteroatoms. The predicted octanol–water partition coefficient (Wildman–Crippen LogP) is 0.221. The van der Waals surface area contributed by atoms with E-state index in [0.717, 1.165) is 6.33 Å². The van der Waals surface area contributed by atoms with Crippen LogP contribution in [-0.4, -0.2) is 29.8 Å². The number of rotatable bonds is 3. The highest BCUT2D eigenvalue weighted by molar-refractivity contribution is 5.63. The third-order valence-electron chi connectivity index (χ3n) is 1.83. The quantitative estimate of drug-likeness (QED) is 0.585. The van der Waals surface area contributed by atoms with Gasteiger partial charge < -0.3 is 10.1 Å². The molecule has 0 aliphatic heterocycles. The number of aromatic amines is 1. The normalized spacial score (nSPS) is 10.2. The van der Waals surface area contributed by atoms with Crippen molar-refractivity contribution in [1.29, 1.82) is 0 Å². The monoisotopic (exact) mass is 224 g/mol. The third-order valence-corrected chi connectivity index (χ3v) is 1.83. The van der Waals surface area contributed by atoms with Crippen molar-refractivity contribution < 1.29 is 9.96 Å². The average Bonchev–Trinajstić information content (AvgIpc) is 2.85. The van der Waals surface area contributed by atoms with Gasteiger partial charge in [-0.1, -0.05) is 0 Å². The molecule has 0 spiro atoms. The zero-order valence-corrected chi connectivity index (χ0v) is 7.60. The van der Waals surface area contributed by atoms with Gasteiger partial charge in [-0.2, -0.15) is 10.1 Å². The van der Waals surface area contributed by atoms with E-state index in [0.29, 0.717) is 0 Å². The summed E-state index contributed by atoms with van der Waals surface area (Å²) in [6.07, 6.45) is 2.14. The summed E-state index contributed by atoms with van der Waals surface area (Å²) < 4.78 is 0.246. The lowest BCUT2D eigenvalue weighted by Gasteiger charge is -1.93. The van der Waals surface area contributed by atoms with Gasteiger partial charge in [0.2, 0.25) is 0 Å². The minimum absolute atomic E-state index is 0.126. The lowest BCUT2D eigenvalue weighted by molar-refractivity contribution is -0.559. The summed E-state index contributed by atoms with van der Waals surface area (Å²) in [7, 11) is 0. The van der Waals surface area contributed by atoms with Crippen molar-refractivity contribution in [3.63, 3.8) is 0 Å². The van der Waals surface area contributed by atoms with Crippen molar-refractivity contribution in [3.8, 4) is 11.4 Å². The SMILES string of the molecule is O=[N+]([O-])c1c(-c2ccn[nH]2)ncn1[N+](=O)[O-]. The Labute approximate surface area is 86.8 Å². The maximum atomic E-state index is 10.7. The largest absolute Gasteiger partial charge is 0.418 e. The van der Waals surface area contributed by atoms with E-state index < -0.39 is 15.8 Å². The fourth-order valence-corrected chi connectivity index (χ4v) is 1.20. The van der Waals surface area contributed by atoms with Crippen molar-refractivity contribution in [1.82, 2.24) is 19.9 Å². The Morgan fingerprint density at radius 2 is 2.12 bits per heavy atom. The summed E-state index contributed by atoms with van der Waals surface area (Å²) in [6.45, 7) is 0. The second-order valence-corrected chi connectivity index (χ2v) is 2.73. The van der Waals surface area contributed by atoms with Gasteiger partial charge in [-0.3, -0.25) is 5.10 Å². The molecule has 2 aromatic rings. The molecule has 0 bridgehead atoms. The lowest BCUT2D eigenvalue weighted by Crippen LogP contribution is -2.10. The van der Waals surface area contributed by atoms with Crippen LogP contribution in [0.1, 0.15) is 0 Å². The first-order valence-electron chi connectivity index (χ1n) is 3.97. The summed E-state index contributed by atoms with van der Waals surface area (Å²) in [5.74, 6) is -0.714. The second kappa shape index (κ2) is 3.42. The van der Waals surface area contributed by atoms with Gasteiger partial charge in [0.05, 0.1) is 10.4 Å². The number of imidazole rings is 1. The van der Waals surface area contributed by atoms with E-state index in [4.69, 9.17) is 0 Å². The predicted molar refractivity (Wildman–Crippen MR) is 48.9 cm³/mol. The molecule has 1 N–H and O–H groups in total. The molecule has 0 fully saturated rings. The van der Waals surface area contributed by atoms with Crippen LogP contribution in [0.15, 0.2) is 18.6 Å². The van der Waals surface area contributed by atoms with E-state index in [1.807, 2.05) is 0 Å². The smallest absolute Gasteiger partial charge is 0.358 e. The van der Waals surface area contributed by atoms with E-state index >= 15 is 0 Å². The molecule has 0 amide bonds. The van der Waals surface area contributed by atoms with Gasteiger partial charge in [-0.15, -0.1) is 0 Å². The van der Waals surface area contributed by atoms with E-state index in [9.17, 15) is 20.2 Å². The minimum atomic E-state index is -0.926. The van der Waals surface area contributed by atoms with Gasteiger partial charge in [0, 0.05) is 6.20 Å². The molecule has 0 aliphatic rings. The highest BCUT2D eigenvalue weighted by Gasteiger charge is 2.31. The second-order valence-electron chi connectivity index (χ2n) is 2.73. The van der Waals surface area contributed by atoms with E-state index in [2.05, 4.69) is 15.2 Å². The minimum Gasteiger partial charge on any atom is -0.358 e. The Bertz CT molecular complexity index is 543. The first-order chi connectivity index (χ1) is 7.61. The zero-order valence-electron chi connectivity index (χ0n) is 7.60. The standard InChI is InChI=1S/C6H4N6O4/c13-11(14)6-5(4-1-2-8-9-4)7-3-10(6)12(15)16/h1-3H,(H,8,9). The molecule has 82 valence electrons. The lowest BCUT2D eigenvalue weighted by atomic mass is 10.3. The Morgan fingerprint density at radius 1 is 1.38 bits per heavy atom. The Balaban J connectivity index is 2.64. The Kier molecular flexibility index (Phi) is 2.08. The van der Waals surface area contributed by atoms with Gasteiger partial charge >= 0.3 is 5.82 Å². The van der Waals surface area contributed by atoms with E-state index in [1.54, 1.807) is 0 Å². The summed E-state index contributed by atoms with van der Waals surface area (Å²) in [5, 5.41) is 26.3. The summed E-state index contributed by atoms with van der Waals surface area (Å²) in [6, 6.07) is 1.43. The number of nitrogens with zero attached hydrogens (tertiary/aromatic N) is 5. The van der Waals surface area contributed by atoms with Crippen LogP contribution in [0.25, 0.3) is 11.4 Å². The van der Waals surface area contributed by atoms with Gasteiger partial charge in [0.1, 0.15) is 0 Å². The summed E-state index contributed by atoms with van der Waals surface area (Å²) in [5.41, 5.74) is 0.117. The average molecular weight is 224 g/mol. The van der Waals surface area contributed by atoms with Crippen LogP contribution in [-0.2, 0) is 0 Å². The molecule has 0 saturated carbocycles. The van der Waals surface area contributed by atoms with Gasteiger partial charge in [-0.25, -0.2) is 10.1 Å². The van der Waals surface area contributed by atoms with Crippen molar-refractivity contribution in [3.05, 3.63) is 38.8 Å². The van der Waals surface area contributed by atoms with Crippen LogP contribution in [0, 0.1) is 20.2 Å². The molecular weight excluding hydrogens is 220 g/mol. The molecule has 0 aliphatic carbocycles. The van der Waals surface area contributed by atoms with Gasteiger partial charge in [0.15, 0.2) is 5.69 Å². The topological polar surface area (TPSA) is 133 Å². The highest BCUT2D eigenvalue weighted by Crippen LogP contribution is 2.26. The first-order valence-corrected chi connectivity index (χ1v) is 3.97. The van der Waals surface area contributed by atoms with Crippen LogP contribution in [0.4, 0.5) is 5.82 Å². The van der Waals surface area contributed by atoms with Crippen LogP contribution in [0.5, 0.6) is 0 Å². The molecule has 16 heavy (non-hydrogen) atoms. The fourth-order valence-electron chi connectivity index (χ4n) is 1.20. The highest BCUT2D eigenvalue weighted by atomic mass is 16.7. The molecule has 0 atom stereocenters. The van der Waals surface area contributed by atoms with Crippen LogP contribution in [0.3, 0.4) is 0 Å². The maximum absolute atomic E-state index is 10.7. The molecule has 2 heterocycles. The Morgan fingerprint density at radius 3 is 2.62 bits per heavy atom. The number of nitro groups is 2. The molecule has 2 aromatic heterocycles. The van der Waals surface area contributed by atoms with Crippen LogP contribution in [0.2, 0.25) is 0 Å². The maximum Gasteiger partial charge on any atom is 0.418 e. The van der Waals surface area contributed by atoms with Gasteiger partial charge in [-0.05, 0) is 11.0 Å². The number of hydrogen-bond donors (Lipinski definition) is 1. The molecular formula is C6H4N6O4. The van der Waals surface area contributed by atoms with Gasteiger partial charge in [0.25, 0.3) is 11.4 Å². The number of nitrogens with one attached hydrogen (secondary N) is 1. The fraction of sp³-hybridized carbons (Fsp3) is 0. The van der Waals surface area contributed by atoms with E-state index in [1.165, 1.54) is 12.3 Å². The molecule has 0 radical (unpaired) electrons. The third kappa shape index (κ3) is 1.37.